The zero-order valence-electron chi connectivity index (χ0n) is 9.71. The van der Waals surface area contributed by atoms with Crippen molar-refractivity contribution in [1.29, 1.82) is 0 Å². The van der Waals surface area contributed by atoms with E-state index in [1.807, 2.05) is 0 Å². The molecule has 0 spiro atoms. The Labute approximate surface area is 123 Å². The van der Waals surface area contributed by atoms with E-state index in [0.29, 0.717) is 15.6 Å². The molecule has 1 saturated heterocycles. The highest BCUT2D eigenvalue weighted by Gasteiger charge is 2.18. The molecule has 1 amide bonds. The van der Waals surface area contributed by atoms with Gasteiger partial charge in [-0.25, -0.2) is 0 Å². The van der Waals surface area contributed by atoms with Gasteiger partial charge in [-0.1, -0.05) is 29.3 Å². The lowest BCUT2D eigenvalue weighted by atomic mass is 10.1. The lowest BCUT2D eigenvalue weighted by Gasteiger charge is -2.24. The molecule has 1 aliphatic heterocycles. The second-order valence-corrected chi connectivity index (χ2v) is 4.90. The van der Waals surface area contributed by atoms with E-state index in [1.165, 1.54) is 0 Å². The maximum atomic E-state index is 12.0. The summed E-state index contributed by atoms with van der Waals surface area (Å²) in [5, 5.41) is 6.92. The van der Waals surface area contributed by atoms with Crippen LogP contribution in [-0.4, -0.2) is 25.0 Å². The minimum atomic E-state index is -0.161. The van der Waals surface area contributed by atoms with Gasteiger partial charge < -0.3 is 10.6 Å². The maximum absolute atomic E-state index is 12.0. The van der Waals surface area contributed by atoms with Crippen molar-refractivity contribution in [1.82, 2.24) is 10.6 Å². The molecule has 0 aromatic heterocycles. The highest BCUT2D eigenvalue weighted by Crippen LogP contribution is 2.25. The average Bonchev–Trinajstić information content (AvgIpc) is 2.34. The van der Waals surface area contributed by atoms with E-state index < -0.39 is 0 Å². The molecule has 1 aromatic carbocycles. The Balaban J connectivity index is 0.00000162. The number of carbonyl (C=O) groups excluding carboxylic acids is 1. The third-order valence-electron chi connectivity index (χ3n) is 2.83. The van der Waals surface area contributed by atoms with E-state index in [1.54, 1.807) is 18.2 Å². The molecule has 0 radical (unpaired) electrons. The molecule has 0 saturated carbocycles. The molecular weight excluding hydrogens is 295 g/mol. The summed E-state index contributed by atoms with van der Waals surface area (Å²) in [4.78, 5) is 12.0. The fraction of sp³-hybridized carbons (Fsp3) is 0.417. The fourth-order valence-corrected chi connectivity index (χ4v) is 2.30. The smallest absolute Gasteiger partial charge is 0.253 e. The van der Waals surface area contributed by atoms with Crippen LogP contribution in [-0.2, 0) is 0 Å². The molecule has 2 rings (SSSR count). The summed E-state index contributed by atoms with van der Waals surface area (Å²) in [5.41, 5.74) is 0.435. The van der Waals surface area contributed by atoms with Crippen molar-refractivity contribution >= 4 is 41.5 Å². The normalized spacial score (nSPS) is 18.9. The number of hydrogen-bond acceptors (Lipinski definition) is 2. The first-order chi connectivity index (χ1) is 8.18. The van der Waals surface area contributed by atoms with Crippen LogP contribution >= 0.6 is 35.6 Å². The van der Waals surface area contributed by atoms with Crippen molar-refractivity contribution < 1.29 is 4.79 Å². The van der Waals surface area contributed by atoms with Gasteiger partial charge in [0.1, 0.15) is 0 Å². The van der Waals surface area contributed by atoms with Gasteiger partial charge in [0.25, 0.3) is 5.91 Å². The molecule has 6 heteroatoms. The number of benzene rings is 1. The lowest BCUT2D eigenvalue weighted by Crippen LogP contribution is -2.45. The first-order valence-electron chi connectivity index (χ1n) is 5.64. The van der Waals surface area contributed by atoms with Gasteiger partial charge in [-0.05, 0) is 31.5 Å². The fourth-order valence-electron chi connectivity index (χ4n) is 1.92. The summed E-state index contributed by atoms with van der Waals surface area (Å²) in [6, 6.07) is 5.25. The minimum Gasteiger partial charge on any atom is -0.348 e. The summed E-state index contributed by atoms with van der Waals surface area (Å²) < 4.78 is 0. The van der Waals surface area contributed by atoms with Gasteiger partial charge >= 0.3 is 0 Å². The van der Waals surface area contributed by atoms with Crippen LogP contribution in [0.25, 0.3) is 0 Å². The molecule has 1 unspecified atom stereocenters. The molecule has 1 aliphatic rings. The second-order valence-electron chi connectivity index (χ2n) is 4.12. The average molecular weight is 310 g/mol. The summed E-state index contributed by atoms with van der Waals surface area (Å²) in [6.07, 6.45) is 2.07. The highest BCUT2D eigenvalue weighted by atomic mass is 35.5. The van der Waals surface area contributed by atoms with E-state index in [0.717, 1.165) is 25.9 Å². The Bertz CT molecular complexity index is 420. The predicted molar refractivity (Wildman–Crippen MR) is 77.1 cm³/mol. The Morgan fingerprint density at radius 2 is 2.17 bits per heavy atom. The van der Waals surface area contributed by atoms with E-state index in [4.69, 9.17) is 23.2 Å². The van der Waals surface area contributed by atoms with E-state index in [9.17, 15) is 4.79 Å². The number of hydrogen-bond donors (Lipinski definition) is 2. The van der Waals surface area contributed by atoms with E-state index >= 15 is 0 Å². The van der Waals surface area contributed by atoms with Crippen molar-refractivity contribution in [2.24, 2.45) is 0 Å². The van der Waals surface area contributed by atoms with Crippen molar-refractivity contribution in [3.05, 3.63) is 33.8 Å². The molecule has 2 N–H and O–H groups in total. The number of carbonyl (C=O) groups is 1. The molecule has 0 bridgehead atoms. The van der Waals surface area contributed by atoms with Gasteiger partial charge in [0.05, 0.1) is 15.6 Å². The third-order valence-corrected chi connectivity index (χ3v) is 3.65. The molecule has 0 aliphatic carbocycles. The quantitative estimate of drug-likeness (QED) is 0.882. The maximum Gasteiger partial charge on any atom is 0.253 e. The van der Waals surface area contributed by atoms with Crippen molar-refractivity contribution in [3.63, 3.8) is 0 Å². The molecule has 3 nitrogen and oxygen atoms in total. The highest BCUT2D eigenvalue weighted by molar-refractivity contribution is 6.43. The lowest BCUT2D eigenvalue weighted by molar-refractivity contribution is 0.0931. The van der Waals surface area contributed by atoms with Gasteiger partial charge in [0.15, 0.2) is 0 Å². The molecule has 1 atom stereocenters. The molecule has 1 aromatic rings. The Morgan fingerprint density at radius 1 is 1.39 bits per heavy atom. The zero-order valence-corrected chi connectivity index (χ0v) is 12.0. The van der Waals surface area contributed by atoms with Gasteiger partial charge in [-0.15, -0.1) is 12.4 Å². The number of nitrogens with one attached hydrogen (secondary N) is 2. The van der Waals surface area contributed by atoms with Crippen LogP contribution in [0, 0.1) is 0 Å². The van der Waals surface area contributed by atoms with Crippen LogP contribution < -0.4 is 10.6 Å². The molecular formula is C12H15Cl3N2O. The van der Waals surface area contributed by atoms with Crippen molar-refractivity contribution in [2.75, 3.05) is 13.1 Å². The Morgan fingerprint density at radius 3 is 2.83 bits per heavy atom. The van der Waals surface area contributed by atoms with Crippen LogP contribution in [0.4, 0.5) is 0 Å². The summed E-state index contributed by atoms with van der Waals surface area (Å²) in [6.45, 7) is 1.83. The Kier molecular flexibility index (Phi) is 6.22. The number of rotatable bonds is 2. The van der Waals surface area contributed by atoms with Crippen molar-refractivity contribution in [3.8, 4) is 0 Å². The van der Waals surface area contributed by atoms with Crippen LogP contribution in [0.15, 0.2) is 18.2 Å². The van der Waals surface area contributed by atoms with Crippen LogP contribution in [0.2, 0.25) is 10.0 Å². The predicted octanol–water partition coefficient (Wildman–Crippen LogP) is 2.90. The number of halogens is 3. The van der Waals surface area contributed by atoms with E-state index in [2.05, 4.69) is 10.6 Å². The largest absolute Gasteiger partial charge is 0.348 e. The molecule has 100 valence electrons. The van der Waals surface area contributed by atoms with Crippen LogP contribution in [0.5, 0.6) is 0 Å². The van der Waals surface area contributed by atoms with Crippen LogP contribution in [0.3, 0.4) is 0 Å². The molecule has 1 fully saturated rings. The first-order valence-corrected chi connectivity index (χ1v) is 6.39. The standard InChI is InChI=1S/C12H14Cl2N2O.ClH/c13-10-5-1-4-9(11(10)14)12(17)16-8-3-2-6-15-7-8;/h1,4-5,8,15H,2-3,6-7H2,(H,16,17);1H. The van der Waals surface area contributed by atoms with Crippen LogP contribution in [0.1, 0.15) is 23.2 Å². The van der Waals surface area contributed by atoms with Gasteiger partial charge in [-0.3, -0.25) is 4.79 Å². The molecule has 18 heavy (non-hydrogen) atoms. The van der Waals surface area contributed by atoms with E-state index in [-0.39, 0.29) is 24.4 Å². The molecule has 1 heterocycles. The second kappa shape index (κ2) is 7.19. The van der Waals surface area contributed by atoms with Gasteiger partial charge in [0.2, 0.25) is 0 Å². The number of amides is 1. The summed E-state index contributed by atoms with van der Waals surface area (Å²) in [7, 11) is 0. The zero-order chi connectivity index (χ0) is 12.3. The SMILES string of the molecule is Cl.O=C(NC1CCCNC1)c1cccc(Cl)c1Cl. The summed E-state index contributed by atoms with van der Waals surface area (Å²) in [5.74, 6) is -0.161. The number of piperidine rings is 1. The van der Waals surface area contributed by atoms with Gasteiger partial charge in [0, 0.05) is 12.6 Å². The Hall–Kier alpha value is -0.480. The minimum absolute atomic E-state index is 0. The third kappa shape index (κ3) is 3.75. The summed E-state index contributed by atoms with van der Waals surface area (Å²) >= 11 is 11.9. The monoisotopic (exact) mass is 308 g/mol. The topological polar surface area (TPSA) is 41.1 Å². The van der Waals surface area contributed by atoms with Gasteiger partial charge in [-0.2, -0.15) is 0 Å². The first kappa shape index (κ1) is 15.6. The van der Waals surface area contributed by atoms with Crippen molar-refractivity contribution in [2.45, 2.75) is 18.9 Å².